The minimum absolute atomic E-state index is 0.119. The number of rotatable bonds is 3. The van der Waals surface area contributed by atoms with Crippen LogP contribution in [-0.4, -0.2) is 5.78 Å². The third-order valence-corrected chi connectivity index (χ3v) is 3.14. The molecule has 0 unspecified atom stereocenters. The molecule has 0 amide bonds. The molecule has 0 bridgehead atoms. The SMILES string of the molecule is Cc1cccc(C)c1CC(=O)c1ccoc1C. The van der Waals surface area contributed by atoms with Crippen molar-refractivity contribution in [2.45, 2.75) is 27.2 Å². The molecule has 0 saturated carbocycles. The van der Waals surface area contributed by atoms with Crippen LogP contribution in [0.2, 0.25) is 0 Å². The Labute approximate surface area is 101 Å². The zero-order chi connectivity index (χ0) is 12.4. The number of aryl methyl sites for hydroxylation is 3. The first kappa shape index (κ1) is 11.6. The number of hydrogen-bond donors (Lipinski definition) is 0. The molecule has 2 nitrogen and oxygen atoms in total. The van der Waals surface area contributed by atoms with Crippen LogP contribution in [0.1, 0.15) is 32.8 Å². The van der Waals surface area contributed by atoms with E-state index in [1.54, 1.807) is 12.3 Å². The van der Waals surface area contributed by atoms with E-state index in [2.05, 4.69) is 0 Å². The molecular formula is C15H16O2. The largest absolute Gasteiger partial charge is 0.469 e. The fourth-order valence-corrected chi connectivity index (χ4v) is 2.06. The van der Waals surface area contributed by atoms with Crippen LogP contribution in [0.3, 0.4) is 0 Å². The lowest BCUT2D eigenvalue weighted by molar-refractivity contribution is 0.0991. The molecule has 1 aromatic heterocycles. The third kappa shape index (κ3) is 2.31. The zero-order valence-corrected chi connectivity index (χ0v) is 10.4. The van der Waals surface area contributed by atoms with E-state index < -0.39 is 0 Å². The summed E-state index contributed by atoms with van der Waals surface area (Å²) in [6.07, 6.45) is 2.01. The Morgan fingerprint density at radius 1 is 1.12 bits per heavy atom. The van der Waals surface area contributed by atoms with Crippen molar-refractivity contribution in [3.63, 3.8) is 0 Å². The summed E-state index contributed by atoms with van der Waals surface area (Å²) in [5, 5.41) is 0. The van der Waals surface area contributed by atoms with E-state index in [1.807, 2.05) is 39.0 Å². The van der Waals surface area contributed by atoms with Gasteiger partial charge in [0.05, 0.1) is 11.8 Å². The average Bonchev–Trinajstić information content (AvgIpc) is 2.70. The Morgan fingerprint density at radius 2 is 1.76 bits per heavy atom. The van der Waals surface area contributed by atoms with Gasteiger partial charge in [-0.15, -0.1) is 0 Å². The second-order valence-corrected chi connectivity index (χ2v) is 4.36. The van der Waals surface area contributed by atoms with E-state index in [9.17, 15) is 4.79 Å². The molecule has 0 spiro atoms. The number of ketones is 1. The zero-order valence-electron chi connectivity index (χ0n) is 10.4. The van der Waals surface area contributed by atoms with Crippen LogP contribution >= 0.6 is 0 Å². The Morgan fingerprint density at radius 3 is 2.29 bits per heavy atom. The second-order valence-electron chi connectivity index (χ2n) is 4.36. The first-order valence-electron chi connectivity index (χ1n) is 5.72. The van der Waals surface area contributed by atoms with Crippen LogP contribution in [0.4, 0.5) is 0 Å². The Bertz CT molecular complexity index is 530. The van der Waals surface area contributed by atoms with Crippen molar-refractivity contribution in [1.29, 1.82) is 0 Å². The minimum Gasteiger partial charge on any atom is -0.469 e. The van der Waals surface area contributed by atoms with Gasteiger partial charge in [0.15, 0.2) is 5.78 Å². The van der Waals surface area contributed by atoms with Crippen LogP contribution in [0.5, 0.6) is 0 Å². The van der Waals surface area contributed by atoms with Gasteiger partial charge >= 0.3 is 0 Å². The summed E-state index contributed by atoms with van der Waals surface area (Å²) in [7, 11) is 0. The van der Waals surface area contributed by atoms with E-state index in [0.717, 1.165) is 5.56 Å². The van der Waals surface area contributed by atoms with Gasteiger partial charge in [-0.25, -0.2) is 0 Å². The van der Waals surface area contributed by atoms with Gasteiger partial charge in [0.2, 0.25) is 0 Å². The normalized spacial score (nSPS) is 10.5. The second kappa shape index (κ2) is 4.58. The molecule has 0 aliphatic carbocycles. The lowest BCUT2D eigenvalue weighted by Gasteiger charge is -2.08. The van der Waals surface area contributed by atoms with Crippen molar-refractivity contribution >= 4 is 5.78 Å². The number of benzene rings is 1. The molecule has 2 aromatic rings. The van der Waals surface area contributed by atoms with Crippen molar-refractivity contribution in [3.05, 3.63) is 58.5 Å². The lowest BCUT2D eigenvalue weighted by atomic mass is 9.96. The number of furan rings is 1. The van der Waals surface area contributed by atoms with E-state index in [4.69, 9.17) is 4.42 Å². The maximum Gasteiger partial charge on any atom is 0.170 e. The number of carbonyl (C=O) groups excluding carboxylic acids is 1. The highest BCUT2D eigenvalue weighted by Gasteiger charge is 2.14. The third-order valence-electron chi connectivity index (χ3n) is 3.14. The topological polar surface area (TPSA) is 30.2 Å². The molecule has 17 heavy (non-hydrogen) atoms. The van der Waals surface area contributed by atoms with Gasteiger partial charge in [-0.1, -0.05) is 18.2 Å². The summed E-state index contributed by atoms with van der Waals surface area (Å²) in [5.41, 5.74) is 4.14. The quantitative estimate of drug-likeness (QED) is 0.751. The van der Waals surface area contributed by atoms with E-state index in [0.29, 0.717) is 17.7 Å². The van der Waals surface area contributed by atoms with Crippen molar-refractivity contribution in [2.75, 3.05) is 0 Å². The van der Waals surface area contributed by atoms with Crippen LogP contribution in [0.25, 0.3) is 0 Å². The summed E-state index contributed by atoms with van der Waals surface area (Å²) in [6, 6.07) is 7.84. The molecule has 0 saturated heterocycles. The molecule has 2 heteroatoms. The molecule has 0 aliphatic heterocycles. The van der Waals surface area contributed by atoms with Crippen molar-refractivity contribution in [2.24, 2.45) is 0 Å². The molecule has 0 atom stereocenters. The summed E-state index contributed by atoms with van der Waals surface area (Å²) < 4.78 is 5.16. The Hall–Kier alpha value is -1.83. The fourth-order valence-electron chi connectivity index (χ4n) is 2.06. The first-order chi connectivity index (χ1) is 8.09. The maximum atomic E-state index is 12.1. The summed E-state index contributed by atoms with van der Waals surface area (Å²) in [6.45, 7) is 5.90. The predicted octanol–water partition coefficient (Wildman–Crippen LogP) is 3.63. The maximum absolute atomic E-state index is 12.1. The average molecular weight is 228 g/mol. The van der Waals surface area contributed by atoms with Gasteiger partial charge in [-0.3, -0.25) is 4.79 Å². The van der Waals surface area contributed by atoms with Crippen LogP contribution in [0, 0.1) is 20.8 Å². The molecule has 88 valence electrons. The molecule has 0 aliphatic rings. The van der Waals surface area contributed by atoms with Gasteiger partial charge in [0, 0.05) is 6.42 Å². The van der Waals surface area contributed by atoms with Crippen LogP contribution in [0.15, 0.2) is 34.9 Å². The van der Waals surface area contributed by atoms with Gasteiger partial charge < -0.3 is 4.42 Å². The molecule has 2 rings (SSSR count). The number of hydrogen-bond acceptors (Lipinski definition) is 2. The predicted molar refractivity (Wildman–Crippen MR) is 67.4 cm³/mol. The number of carbonyl (C=O) groups is 1. The van der Waals surface area contributed by atoms with Gasteiger partial charge in [0.1, 0.15) is 5.76 Å². The molecule has 1 aromatic carbocycles. The Balaban J connectivity index is 2.28. The summed E-state index contributed by atoms with van der Waals surface area (Å²) >= 11 is 0. The summed E-state index contributed by atoms with van der Waals surface area (Å²) in [4.78, 5) is 12.1. The lowest BCUT2D eigenvalue weighted by Crippen LogP contribution is -2.06. The Kier molecular flexibility index (Phi) is 3.14. The van der Waals surface area contributed by atoms with Gasteiger partial charge in [-0.2, -0.15) is 0 Å². The van der Waals surface area contributed by atoms with Crippen molar-refractivity contribution < 1.29 is 9.21 Å². The van der Waals surface area contributed by atoms with Crippen molar-refractivity contribution in [3.8, 4) is 0 Å². The van der Waals surface area contributed by atoms with Gasteiger partial charge in [0.25, 0.3) is 0 Å². The summed E-state index contributed by atoms with van der Waals surface area (Å²) in [5.74, 6) is 0.815. The minimum atomic E-state index is 0.119. The highest BCUT2D eigenvalue weighted by molar-refractivity contribution is 5.98. The van der Waals surface area contributed by atoms with Gasteiger partial charge in [-0.05, 0) is 43.5 Å². The van der Waals surface area contributed by atoms with E-state index in [-0.39, 0.29) is 5.78 Å². The van der Waals surface area contributed by atoms with Crippen LogP contribution < -0.4 is 0 Å². The fraction of sp³-hybridized carbons (Fsp3) is 0.267. The molecule has 0 fully saturated rings. The van der Waals surface area contributed by atoms with Crippen LogP contribution in [-0.2, 0) is 6.42 Å². The number of Topliss-reactive ketones (excluding diaryl/α,β-unsaturated/α-hetero) is 1. The highest BCUT2D eigenvalue weighted by atomic mass is 16.3. The highest BCUT2D eigenvalue weighted by Crippen LogP contribution is 2.18. The smallest absolute Gasteiger partial charge is 0.170 e. The standard InChI is InChI=1S/C15H16O2/c1-10-5-4-6-11(2)14(10)9-15(16)13-7-8-17-12(13)3/h4-8H,9H2,1-3H3. The molecule has 0 N–H and O–H groups in total. The van der Waals surface area contributed by atoms with E-state index >= 15 is 0 Å². The molecular weight excluding hydrogens is 212 g/mol. The monoisotopic (exact) mass is 228 g/mol. The molecule has 0 radical (unpaired) electrons. The molecule has 1 heterocycles. The van der Waals surface area contributed by atoms with Crippen molar-refractivity contribution in [1.82, 2.24) is 0 Å². The van der Waals surface area contributed by atoms with E-state index in [1.165, 1.54) is 11.1 Å². The first-order valence-corrected chi connectivity index (χ1v) is 5.72.